The fraction of sp³-hybridized carbons (Fsp3) is 0.476. The minimum absolute atomic E-state index is 0.160. The lowest BCUT2D eigenvalue weighted by atomic mass is 10.1. The maximum absolute atomic E-state index is 10.5. The largest absolute Gasteiger partial charge is 0.481 e. The molecule has 0 aliphatic carbocycles. The SMILES string of the molecule is CCCCCCC=CCC(=O)O.O=C(O)CN(CC(=O)O)Cc1ccccc1. The fourth-order valence-electron chi connectivity index (χ4n) is 2.38. The van der Waals surface area contributed by atoms with E-state index in [4.69, 9.17) is 15.3 Å². The minimum atomic E-state index is -1.03. The summed E-state index contributed by atoms with van der Waals surface area (Å²) in [5.74, 6) is -2.81. The molecule has 7 heteroatoms. The van der Waals surface area contributed by atoms with Crippen LogP contribution in [0.1, 0.15) is 51.0 Å². The molecule has 0 fully saturated rings. The van der Waals surface area contributed by atoms with Gasteiger partial charge in [0.25, 0.3) is 0 Å². The van der Waals surface area contributed by atoms with Crippen LogP contribution in [0.5, 0.6) is 0 Å². The summed E-state index contributed by atoms with van der Waals surface area (Å²) in [5.41, 5.74) is 0.894. The molecule has 3 N–H and O–H groups in total. The van der Waals surface area contributed by atoms with E-state index < -0.39 is 17.9 Å². The number of aliphatic carboxylic acids is 3. The molecule has 0 atom stereocenters. The standard InChI is InChI=1S/C11H13NO4.C10H18O2/c13-10(14)7-12(8-11(15)16)6-9-4-2-1-3-5-9;1-2-3-4-5-6-7-8-9-10(11)12/h1-5H,6-8H2,(H,13,14)(H,15,16);7-8H,2-6,9H2,1H3,(H,11,12). The Morgan fingerprint density at radius 3 is 1.96 bits per heavy atom. The predicted molar refractivity (Wildman–Crippen MR) is 107 cm³/mol. The smallest absolute Gasteiger partial charge is 0.317 e. The molecule has 156 valence electrons. The van der Waals surface area contributed by atoms with E-state index in [0.29, 0.717) is 6.54 Å². The summed E-state index contributed by atoms with van der Waals surface area (Å²) >= 11 is 0. The summed E-state index contributed by atoms with van der Waals surface area (Å²) in [7, 11) is 0. The van der Waals surface area contributed by atoms with E-state index in [1.165, 1.54) is 30.6 Å². The molecule has 1 rings (SSSR count). The Morgan fingerprint density at radius 1 is 0.857 bits per heavy atom. The highest BCUT2D eigenvalue weighted by atomic mass is 16.4. The van der Waals surface area contributed by atoms with Crippen LogP contribution >= 0.6 is 0 Å². The minimum Gasteiger partial charge on any atom is -0.481 e. The van der Waals surface area contributed by atoms with Crippen LogP contribution in [-0.2, 0) is 20.9 Å². The van der Waals surface area contributed by atoms with E-state index in [2.05, 4.69) is 6.92 Å². The Balaban J connectivity index is 0.000000546. The van der Waals surface area contributed by atoms with Crippen LogP contribution in [0.4, 0.5) is 0 Å². The number of hydrogen-bond acceptors (Lipinski definition) is 4. The molecule has 7 nitrogen and oxygen atoms in total. The zero-order chi connectivity index (χ0) is 21.2. The Hall–Kier alpha value is -2.67. The van der Waals surface area contributed by atoms with Crippen molar-refractivity contribution >= 4 is 17.9 Å². The van der Waals surface area contributed by atoms with Gasteiger partial charge in [-0.2, -0.15) is 0 Å². The van der Waals surface area contributed by atoms with Gasteiger partial charge in [0.2, 0.25) is 0 Å². The molecule has 0 bridgehead atoms. The third kappa shape index (κ3) is 16.8. The maximum Gasteiger partial charge on any atom is 0.317 e. The molecule has 0 heterocycles. The lowest BCUT2D eigenvalue weighted by Gasteiger charge is -2.17. The van der Waals surface area contributed by atoms with Gasteiger partial charge in [-0.05, 0) is 18.4 Å². The predicted octanol–water partition coefficient (Wildman–Crippen LogP) is 3.65. The molecule has 0 amide bonds. The zero-order valence-electron chi connectivity index (χ0n) is 16.4. The van der Waals surface area contributed by atoms with E-state index in [1.807, 2.05) is 36.4 Å². The molecular weight excluding hydrogens is 362 g/mol. The van der Waals surface area contributed by atoms with E-state index in [-0.39, 0.29) is 19.5 Å². The van der Waals surface area contributed by atoms with Crippen molar-refractivity contribution in [2.45, 2.75) is 52.0 Å². The van der Waals surface area contributed by atoms with Crippen LogP contribution in [0.2, 0.25) is 0 Å². The Morgan fingerprint density at radius 2 is 1.46 bits per heavy atom. The first-order valence-corrected chi connectivity index (χ1v) is 9.41. The summed E-state index contributed by atoms with van der Waals surface area (Å²) in [5, 5.41) is 25.6. The van der Waals surface area contributed by atoms with Gasteiger partial charge in [0, 0.05) is 6.54 Å². The summed E-state index contributed by atoms with van der Waals surface area (Å²) in [6, 6.07) is 9.17. The molecule has 1 aromatic carbocycles. The Bertz CT molecular complexity index is 584. The number of unbranched alkanes of at least 4 members (excludes halogenated alkanes) is 4. The number of rotatable bonds is 13. The number of hydrogen-bond donors (Lipinski definition) is 3. The average Bonchev–Trinajstić information content (AvgIpc) is 2.61. The van der Waals surface area contributed by atoms with Crippen LogP contribution in [-0.4, -0.2) is 51.2 Å². The summed E-state index contributed by atoms with van der Waals surface area (Å²) in [6.45, 7) is 1.95. The van der Waals surface area contributed by atoms with Gasteiger partial charge in [0.05, 0.1) is 19.5 Å². The third-order valence-corrected chi connectivity index (χ3v) is 3.65. The van der Waals surface area contributed by atoms with E-state index in [0.717, 1.165) is 12.0 Å². The van der Waals surface area contributed by atoms with Crippen LogP contribution < -0.4 is 0 Å². The highest BCUT2D eigenvalue weighted by Crippen LogP contribution is 2.04. The first-order valence-electron chi connectivity index (χ1n) is 9.41. The molecule has 0 saturated heterocycles. The van der Waals surface area contributed by atoms with Gasteiger partial charge in [-0.15, -0.1) is 0 Å². The third-order valence-electron chi connectivity index (χ3n) is 3.65. The number of benzene rings is 1. The topological polar surface area (TPSA) is 115 Å². The van der Waals surface area contributed by atoms with Crippen LogP contribution in [0.25, 0.3) is 0 Å². The molecule has 28 heavy (non-hydrogen) atoms. The van der Waals surface area contributed by atoms with Crippen LogP contribution in [0.15, 0.2) is 42.5 Å². The van der Waals surface area contributed by atoms with Gasteiger partial charge in [-0.25, -0.2) is 0 Å². The molecule has 0 aliphatic heterocycles. The van der Waals surface area contributed by atoms with Gasteiger partial charge < -0.3 is 15.3 Å². The van der Waals surface area contributed by atoms with Gasteiger partial charge >= 0.3 is 17.9 Å². The van der Waals surface area contributed by atoms with E-state index >= 15 is 0 Å². The van der Waals surface area contributed by atoms with Crippen molar-refractivity contribution in [1.29, 1.82) is 0 Å². The summed E-state index contributed by atoms with van der Waals surface area (Å²) in [6.07, 6.45) is 9.85. The summed E-state index contributed by atoms with van der Waals surface area (Å²) in [4.78, 5) is 32.5. The van der Waals surface area contributed by atoms with Crippen molar-refractivity contribution in [3.63, 3.8) is 0 Å². The number of carboxylic acid groups (broad SMARTS) is 3. The monoisotopic (exact) mass is 393 g/mol. The highest BCUT2D eigenvalue weighted by molar-refractivity contribution is 5.72. The molecule has 0 radical (unpaired) electrons. The first kappa shape index (κ1) is 25.3. The molecule has 0 unspecified atom stereocenters. The second-order valence-electron chi connectivity index (χ2n) is 6.34. The maximum atomic E-state index is 10.5. The molecule has 0 aromatic heterocycles. The van der Waals surface area contributed by atoms with Gasteiger partial charge in [-0.3, -0.25) is 19.3 Å². The normalized spacial score (nSPS) is 10.5. The van der Waals surface area contributed by atoms with Gasteiger partial charge in [-0.1, -0.05) is 68.7 Å². The molecule has 0 saturated carbocycles. The number of allylic oxidation sites excluding steroid dienone is 1. The van der Waals surface area contributed by atoms with Crippen molar-refractivity contribution in [1.82, 2.24) is 4.90 Å². The number of carboxylic acids is 3. The van der Waals surface area contributed by atoms with Crippen LogP contribution in [0.3, 0.4) is 0 Å². The van der Waals surface area contributed by atoms with Crippen molar-refractivity contribution in [2.24, 2.45) is 0 Å². The first-order chi connectivity index (χ1) is 13.3. The van der Waals surface area contributed by atoms with Crippen LogP contribution in [0, 0.1) is 0 Å². The second kappa shape index (κ2) is 16.5. The zero-order valence-corrected chi connectivity index (χ0v) is 16.4. The van der Waals surface area contributed by atoms with E-state index in [9.17, 15) is 14.4 Å². The van der Waals surface area contributed by atoms with Crippen molar-refractivity contribution in [2.75, 3.05) is 13.1 Å². The quantitative estimate of drug-likeness (QED) is 0.346. The van der Waals surface area contributed by atoms with E-state index in [1.54, 1.807) is 6.08 Å². The molecule has 1 aromatic rings. The molecule has 0 spiro atoms. The highest BCUT2D eigenvalue weighted by Gasteiger charge is 2.13. The second-order valence-corrected chi connectivity index (χ2v) is 6.34. The number of nitrogens with zero attached hydrogens (tertiary/aromatic N) is 1. The van der Waals surface area contributed by atoms with Gasteiger partial charge in [0.15, 0.2) is 0 Å². The van der Waals surface area contributed by atoms with Crippen molar-refractivity contribution in [3.8, 4) is 0 Å². The molecule has 0 aliphatic rings. The Labute approximate surface area is 166 Å². The van der Waals surface area contributed by atoms with Crippen molar-refractivity contribution < 1.29 is 29.7 Å². The Kier molecular flexibility index (Phi) is 14.9. The number of carbonyl (C=O) groups is 3. The fourth-order valence-corrected chi connectivity index (χ4v) is 2.38. The van der Waals surface area contributed by atoms with Crippen molar-refractivity contribution in [3.05, 3.63) is 48.0 Å². The lowest BCUT2D eigenvalue weighted by Crippen LogP contribution is -2.33. The summed E-state index contributed by atoms with van der Waals surface area (Å²) < 4.78 is 0. The lowest BCUT2D eigenvalue weighted by molar-refractivity contribution is -0.142. The molecular formula is C21H31NO6. The van der Waals surface area contributed by atoms with Gasteiger partial charge in [0.1, 0.15) is 0 Å². The average molecular weight is 393 g/mol.